The summed E-state index contributed by atoms with van der Waals surface area (Å²) in [7, 11) is 1.93. The lowest BCUT2D eigenvalue weighted by Crippen LogP contribution is -2.39. The quantitative estimate of drug-likeness (QED) is 0.0895. The van der Waals surface area contributed by atoms with Crippen molar-refractivity contribution in [1.82, 2.24) is 10.2 Å². The van der Waals surface area contributed by atoms with E-state index in [1.807, 2.05) is 84.7 Å². The number of aliphatic hydroxyl groups excluding tert-OH is 2. The molecule has 4 aromatic carbocycles. The molecule has 1 aliphatic heterocycles. The van der Waals surface area contributed by atoms with Crippen molar-refractivity contribution in [2.45, 2.75) is 69.9 Å². The number of hydrogen-bond donors (Lipinski definition) is 5. The first-order chi connectivity index (χ1) is 24.2. The molecule has 264 valence electrons. The Morgan fingerprint density at radius 1 is 0.900 bits per heavy atom. The Bertz CT molecular complexity index is 1690. The van der Waals surface area contributed by atoms with Crippen LogP contribution in [0.1, 0.15) is 78.4 Å². The van der Waals surface area contributed by atoms with E-state index in [1.165, 1.54) is 0 Å². The molecule has 0 saturated carbocycles. The van der Waals surface area contributed by atoms with Crippen LogP contribution in [-0.2, 0) is 32.2 Å². The molecule has 1 aliphatic rings. The maximum Gasteiger partial charge on any atom is 0.303 e. The Morgan fingerprint density at radius 2 is 1.62 bits per heavy atom. The van der Waals surface area contributed by atoms with Crippen LogP contribution < -0.4 is 5.32 Å². The second-order valence-electron chi connectivity index (χ2n) is 12.8. The standard InChI is InChI=1S/C40H46N2O8/c1-42(25-36(45)31-8-6-9-33(44)21-31)24-34-22-37(29-15-13-27(26-43)14-16-29)50-40(49-34)30-19-17-28(18-20-30)35-10-3-2-7-32(35)23-41-38(46)11-4-5-12-39(47)48/h2-3,6-10,13-21,34,36-37,40,43-45H,4-5,11-12,22-26H2,1H3,(H,41,46)(H,47,48)/t34-,36+,37+,40+/m0/s1. The van der Waals surface area contributed by atoms with E-state index in [0.29, 0.717) is 44.5 Å². The summed E-state index contributed by atoms with van der Waals surface area (Å²) in [5, 5.41) is 42.0. The molecule has 0 unspecified atom stereocenters. The van der Waals surface area contributed by atoms with Crippen LogP contribution in [0.3, 0.4) is 0 Å². The third-order valence-electron chi connectivity index (χ3n) is 8.90. The van der Waals surface area contributed by atoms with Gasteiger partial charge in [-0.15, -0.1) is 0 Å². The van der Waals surface area contributed by atoms with Gasteiger partial charge in [0, 0.05) is 44.5 Å². The van der Waals surface area contributed by atoms with E-state index in [1.54, 1.807) is 24.3 Å². The van der Waals surface area contributed by atoms with Crippen molar-refractivity contribution in [3.8, 4) is 16.9 Å². The molecular formula is C40H46N2O8. The summed E-state index contributed by atoms with van der Waals surface area (Å²) in [6.45, 7) is 1.21. The number of rotatable bonds is 16. The molecule has 5 rings (SSSR count). The largest absolute Gasteiger partial charge is 0.508 e. The smallest absolute Gasteiger partial charge is 0.303 e. The van der Waals surface area contributed by atoms with E-state index in [9.17, 15) is 24.9 Å². The molecule has 10 nitrogen and oxygen atoms in total. The van der Waals surface area contributed by atoms with Crippen molar-refractivity contribution in [2.24, 2.45) is 0 Å². The van der Waals surface area contributed by atoms with Crippen LogP contribution in [0.15, 0.2) is 97.1 Å². The Kier molecular flexibility index (Phi) is 13.1. The fourth-order valence-corrected chi connectivity index (χ4v) is 6.21. The van der Waals surface area contributed by atoms with Crippen LogP contribution in [-0.4, -0.2) is 63.4 Å². The highest BCUT2D eigenvalue weighted by atomic mass is 16.7. The van der Waals surface area contributed by atoms with Gasteiger partial charge in [0.15, 0.2) is 6.29 Å². The van der Waals surface area contributed by atoms with Gasteiger partial charge in [0.1, 0.15) is 5.75 Å². The zero-order valence-corrected chi connectivity index (χ0v) is 28.3. The maximum atomic E-state index is 12.4. The van der Waals surface area contributed by atoms with Gasteiger partial charge >= 0.3 is 5.97 Å². The number of nitrogens with zero attached hydrogens (tertiary/aromatic N) is 1. The summed E-state index contributed by atoms with van der Waals surface area (Å²) in [6.07, 6.45) is 0.0327. The first-order valence-electron chi connectivity index (χ1n) is 17.0. The number of hydrogen-bond acceptors (Lipinski definition) is 8. The number of carboxylic acid groups (broad SMARTS) is 1. The van der Waals surface area contributed by atoms with Gasteiger partial charge in [0.25, 0.3) is 0 Å². The predicted octanol–water partition coefficient (Wildman–Crippen LogP) is 6.02. The first-order valence-corrected chi connectivity index (χ1v) is 17.0. The molecule has 0 spiro atoms. The minimum Gasteiger partial charge on any atom is -0.508 e. The molecule has 10 heteroatoms. The van der Waals surface area contributed by atoms with Gasteiger partial charge in [-0.25, -0.2) is 0 Å². The van der Waals surface area contributed by atoms with Crippen LogP contribution >= 0.6 is 0 Å². The van der Waals surface area contributed by atoms with Gasteiger partial charge < -0.3 is 40.1 Å². The molecule has 50 heavy (non-hydrogen) atoms. The van der Waals surface area contributed by atoms with E-state index in [2.05, 4.69) is 5.32 Å². The van der Waals surface area contributed by atoms with Crippen molar-refractivity contribution in [3.05, 3.63) is 125 Å². The number of aromatic hydroxyl groups is 1. The van der Waals surface area contributed by atoms with Gasteiger partial charge in [-0.1, -0.05) is 84.9 Å². The molecule has 1 fully saturated rings. The molecule has 1 saturated heterocycles. The number of likely N-dealkylation sites (N-methyl/N-ethyl adjacent to an activating group) is 1. The molecule has 5 N–H and O–H groups in total. The lowest BCUT2D eigenvalue weighted by atomic mass is 9.97. The number of phenolic OH excluding ortho intramolecular Hbond substituents is 1. The summed E-state index contributed by atoms with van der Waals surface area (Å²) in [5.74, 6) is -0.856. The van der Waals surface area contributed by atoms with Crippen LogP contribution in [0, 0.1) is 0 Å². The van der Waals surface area contributed by atoms with E-state index in [4.69, 9.17) is 14.6 Å². The number of nitrogens with one attached hydrogen (secondary N) is 1. The molecular weight excluding hydrogens is 636 g/mol. The van der Waals surface area contributed by atoms with Crippen LogP contribution in [0.5, 0.6) is 5.75 Å². The van der Waals surface area contributed by atoms with Crippen LogP contribution in [0.2, 0.25) is 0 Å². The Balaban J connectivity index is 1.27. The number of amides is 1. The summed E-state index contributed by atoms with van der Waals surface area (Å²) in [4.78, 5) is 25.1. The Labute approximate surface area is 292 Å². The third-order valence-corrected chi connectivity index (χ3v) is 8.90. The number of phenols is 1. The Morgan fingerprint density at radius 3 is 2.34 bits per heavy atom. The second kappa shape index (κ2) is 17.9. The number of carbonyl (C=O) groups excluding carboxylic acids is 1. The zero-order chi connectivity index (χ0) is 35.5. The molecule has 1 heterocycles. The van der Waals surface area contributed by atoms with E-state index in [0.717, 1.165) is 33.4 Å². The number of unbranched alkanes of at least 4 members (excludes halogenated alkanes) is 1. The minimum atomic E-state index is -0.855. The SMILES string of the molecule is CN(C[C@@H]1C[C@H](c2ccc(CO)cc2)O[C@H](c2ccc(-c3ccccc3CNC(=O)CCCCC(=O)O)cc2)O1)C[C@@H](O)c1cccc(O)c1. The highest BCUT2D eigenvalue weighted by Crippen LogP contribution is 2.39. The van der Waals surface area contributed by atoms with Crippen molar-refractivity contribution >= 4 is 11.9 Å². The number of ether oxygens (including phenoxy) is 2. The van der Waals surface area contributed by atoms with E-state index < -0.39 is 18.4 Å². The van der Waals surface area contributed by atoms with E-state index in [-0.39, 0.29) is 43.3 Å². The van der Waals surface area contributed by atoms with Crippen molar-refractivity contribution in [2.75, 3.05) is 20.1 Å². The van der Waals surface area contributed by atoms with Crippen LogP contribution in [0.4, 0.5) is 0 Å². The number of benzene rings is 4. The molecule has 0 aliphatic carbocycles. The van der Waals surface area contributed by atoms with Gasteiger partial charge in [0.2, 0.25) is 5.91 Å². The average molecular weight is 683 g/mol. The molecule has 0 aromatic heterocycles. The topological polar surface area (TPSA) is 149 Å². The molecule has 4 atom stereocenters. The van der Waals surface area contributed by atoms with E-state index >= 15 is 0 Å². The fraction of sp³-hybridized carbons (Fsp3) is 0.350. The van der Waals surface area contributed by atoms with Crippen molar-refractivity contribution in [3.63, 3.8) is 0 Å². The Hall–Kier alpha value is -4.58. The van der Waals surface area contributed by atoms with Gasteiger partial charge in [-0.3, -0.25) is 9.59 Å². The van der Waals surface area contributed by atoms with Crippen molar-refractivity contribution < 1.29 is 39.5 Å². The highest BCUT2D eigenvalue weighted by molar-refractivity contribution is 5.76. The predicted molar refractivity (Wildman–Crippen MR) is 189 cm³/mol. The second-order valence-corrected chi connectivity index (χ2v) is 12.8. The molecule has 4 aromatic rings. The molecule has 0 radical (unpaired) electrons. The lowest BCUT2D eigenvalue weighted by molar-refractivity contribution is -0.252. The number of carboxylic acids is 1. The van der Waals surface area contributed by atoms with Crippen LogP contribution in [0.25, 0.3) is 11.1 Å². The summed E-state index contributed by atoms with van der Waals surface area (Å²) in [5.41, 5.74) is 6.22. The normalized spacial score (nSPS) is 18.1. The lowest BCUT2D eigenvalue weighted by Gasteiger charge is -2.38. The van der Waals surface area contributed by atoms with Gasteiger partial charge in [0.05, 0.1) is 24.9 Å². The fourth-order valence-electron chi connectivity index (χ4n) is 6.21. The number of aliphatic carboxylic acids is 1. The van der Waals surface area contributed by atoms with Gasteiger partial charge in [-0.2, -0.15) is 0 Å². The third kappa shape index (κ3) is 10.5. The molecule has 1 amide bonds. The maximum absolute atomic E-state index is 12.4. The van der Waals surface area contributed by atoms with Crippen molar-refractivity contribution in [1.29, 1.82) is 0 Å². The van der Waals surface area contributed by atoms with Gasteiger partial charge in [-0.05, 0) is 65.4 Å². The number of aliphatic hydroxyl groups is 2. The summed E-state index contributed by atoms with van der Waals surface area (Å²) < 4.78 is 13.1. The zero-order valence-electron chi connectivity index (χ0n) is 28.3. The summed E-state index contributed by atoms with van der Waals surface area (Å²) >= 11 is 0. The number of carbonyl (C=O) groups is 2. The monoisotopic (exact) mass is 682 g/mol. The first kappa shape index (κ1) is 36.7. The summed E-state index contributed by atoms with van der Waals surface area (Å²) in [6, 6.07) is 30.3. The minimum absolute atomic E-state index is 0.0388. The molecule has 0 bridgehead atoms. The average Bonchev–Trinajstić information content (AvgIpc) is 3.12. The highest BCUT2D eigenvalue weighted by Gasteiger charge is 2.33.